The van der Waals surface area contributed by atoms with Crippen molar-refractivity contribution in [2.75, 3.05) is 6.54 Å². The summed E-state index contributed by atoms with van der Waals surface area (Å²) in [4.78, 5) is 0. The fourth-order valence-corrected chi connectivity index (χ4v) is 1.72. The quantitative estimate of drug-likeness (QED) is 0.735. The van der Waals surface area contributed by atoms with Crippen LogP contribution in [0.4, 0.5) is 13.2 Å². The van der Waals surface area contributed by atoms with Crippen LogP contribution in [0.1, 0.15) is 18.0 Å². The van der Waals surface area contributed by atoms with Crippen LogP contribution in [0, 0.1) is 11.6 Å². The van der Waals surface area contributed by atoms with Crippen molar-refractivity contribution in [2.24, 2.45) is 0 Å². The van der Waals surface area contributed by atoms with Gasteiger partial charge in [0.2, 0.25) is 0 Å². The maximum atomic E-state index is 13.2. The molecular formula is C10H10F3N. The monoisotopic (exact) mass is 201 g/mol. The molecule has 1 heterocycles. The van der Waals surface area contributed by atoms with Gasteiger partial charge in [0.1, 0.15) is 6.17 Å². The van der Waals surface area contributed by atoms with Crippen LogP contribution in [-0.2, 0) is 0 Å². The van der Waals surface area contributed by atoms with Gasteiger partial charge >= 0.3 is 0 Å². The molecule has 14 heavy (non-hydrogen) atoms. The zero-order chi connectivity index (χ0) is 10.1. The molecule has 0 bridgehead atoms. The van der Waals surface area contributed by atoms with Gasteiger partial charge < -0.3 is 5.32 Å². The highest BCUT2D eigenvalue weighted by molar-refractivity contribution is 5.23. The summed E-state index contributed by atoms with van der Waals surface area (Å²) in [6, 6.07) is 3.57. The van der Waals surface area contributed by atoms with Gasteiger partial charge in [0.05, 0.1) is 0 Å². The van der Waals surface area contributed by atoms with Gasteiger partial charge in [0.25, 0.3) is 0 Å². The summed E-state index contributed by atoms with van der Waals surface area (Å²) in [6.07, 6.45) is -0.761. The van der Waals surface area contributed by atoms with Crippen LogP contribution < -0.4 is 5.32 Å². The average molecular weight is 201 g/mol. The van der Waals surface area contributed by atoms with E-state index < -0.39 is 23.8 Å². The van der Waals surface area contributed by atoms with Gasteiger partial charge in [0.15, 0.2) is 11.6 Å². The third kappa shape index (κ3) is 1.62. The lowest BCUT2D eigenvalue weighted by Crippen LogP contribution is -2.15. The Morgan fingerprint density at radius 1 is 1.29 bits per heavy atom. The van der Waals surface area contributed by atoms with Crippen molar-refractivity contribution in [3.05, 3.63) is 35.4 Å². The summed E-state index contributed by atoms with van der Waals surface area (Å²) in [6.45, 7) is 0.209. The molecule has 0 spiro atoms. The van der Waals surface area contributed by atoms with E-state index in [4.69, 9.17) is 0 Å². The summed E-state index contributed by atoms with van der Waals surface area (Å²) in [5, 5.41) is 2.81. The maximum Gasteiger partial charge on any atom is 0.163 e. The predicted octanol–water partition coefficient (Wildman–Crippen LogP) is 2.34. The van der Waals surface area contributed by atoms with Crippen molar-refractivity contribution in [3.63, 3.8) is 0 Å². The highest BCUT2D eigenvalue weighted by Gasteiger charge is 2.27. The van der Waals surface area contributed by atoms with Crippen molar-refractivity contribution in [1.29, 1.82) is 0 Å². The average Bonchev–Trinajstić information content (AvgIpc) is 2.57. The Morgan fingerprint density at radius 2 is 2.07 bits per heavy atom. The molecular weight excluding hydrogens is 191 g/mol. The topological polar surface area (TPSA) is 12.0 Å². The SMILES string of the molecule is Fc1cccc(C2CC(F)CN2)c1F. The minimum atomic E-state index is -0.970. The van der Waals surface area contributed by atoms with E-state index in [1.54, 1.807) is 0 Å². The molecule has 2 atom stereocenters. The van der Waals surface area contributed by atoms with Crippen molar-refractivity contribution in [2.45, 2.75) is 18.6 Å². The Morgan fingerprint density at radius 3 is 2.71 bits per heavy atom. The first-order valence-electron chi connectivity index (χ1n) is 4.50. The summed E-state index contributed by atoms with van der Waals surface area (Å²) in [5.74, 6) is -1.76. The largest absolute Gasteiger partial charge is 0.307 e. The lowest BCUT2D eigenvalue weighted by molar-refractivity contribution is 0.354. The predicted molar refractivity (Wildman–Crippen MR) is 46.6 cm³/mol. The Labute approximate surface area is 79.9 Å². The van der Waals surface area contributed by atoms with Crippen molar-refractivity contribution >= 4 is 0 Å². The third-order valence-electron chi connectivity index (χ3n) is 2.43. The minimum absolute atomic E-state index is 0.209. The van der Waals surface area contributed by atoms with E-state index in [-0.39, 0.29) is 18.5 Å². The van der Waals surface area contributed by atoms with Gasteiger partial charge in [-0.15, -0.1) is 0 Å². The van der Waals surface area contributed by atoms with E-state index in [0.29, 0.717) is 0 Å². The summed E-state index contributed by atoms with van der Waals surface area (Å²) >= 11 is 0. The van der Waals surface area contributed by atoms with E-state index in [9.17, 15) is 13.2 Å². The molecule has 1 aromatic carbocycles. The Balaban J connectivity index is 2.28. The highest BCUT2D eigenvalue weighted by Crippen LogP contribution is 2.27. The molecule has 4 heteroatoms. The van der Waals surface area contributed by atoms with Gasteiger partial charge in [-0.25, -0.2) is 13.2 Å². The number of hydrogen-bond acceptors (Lipinski definition) is 1. The van der Waals surface area contributed by atoms with Crippen LogP contribution in [0.25, 0.3) is 0 Å². The minimum Gasteiger partial charge on any atom is -0.307 e. The number of halogens is 3. The molecule has 2 rings (SSSR count). The van der Waals surface area contributed by atoms with Gasteiger partial charge in [-0.3, -0.25) is 0 Å². The third-order valence-corrected chi connectivity index (χ3v) is 2.43. The number of hydrogen-bond donors (Lipinski definition) is 1. The van der Waals surface area contributed by atoms with Gasteiger partial charge in [-0.05, 0) is 12.5 Å². The lowest BCUT2D eigenvalue weighted by atomic mass is 10.0. The molecule has 0 aromatic heterocycles. The van der Waals surface area contributed by atoms with Gasteiger partial charge in [-0.1, -0.05) is 12.1 Å². The lowest BCUT2D eigenvalue weighted by Gasteiger charge is -2.11. The second-order valence-electron chi connectivity index (χ2n) is 3.44. The summed E-state index contributed by atoms with van der Waals surface area (Å²) in [5.41, 5.74) is 0.213. The fourth-order valence-electron chi connectivity index (χ4n) is 1.72. The molecule has 1 aromatic rings. The molecule has 0 radical (unpaired) electrons. The molecule has 0 amide bonds. The van der Waals surface area contributed by atoms with Crippen LogP contribution in [0.5, 0.6) is 0 Å². The standard InChI is InChI=1S/C10H10F3N/c11-6-4-9(14-5-6)7-2-1-3-8(12)10(7)13/h1-3,6,9,14H,4-5H2. The van der Waals surface area contributed by atoms with Crippen LogP contribution in [-0.4, -0.2) is 12.7 Å². The smallest absolute Gasteiger partial charge is 0.163 e. The number of alkyl halides is 1. The Bertz CT molecular complexity index is 340. The van der Waals surface area contributed by atoms with Crippen LogP contribution in [0.2, 0.25) is 0 Å². The van der Waals surface area contributed by atoms with Crippen molar-refractivity contribution in [1.82, 2.24) is 5.32 Å². The van der Waals surface area contributed by atoms with Crippen LogP contribution in [0.15, 0.2) is 18.2 Å². The number of nitrogens with one attached hydrogen (secondary N) is 1. The van der Waals surface area contributed by atoms with Gasteiger partial charge in [-0.2, -0.15) is 0 Å². The zero-order valence-corrected chi connectivity index (χ0v) is 7.43. The number of benzene rings is 1. The van der Waals surface area contributed by atoms with E-state index in [0.717, 1.165) is 6.07 Å². The first kappa shape index (κ1) is 9.52. The maximum absolute atomic E-state index is 13.2. The molecule has 1 N–H and O–H groups in total. The molecule has 1 aliphatic rings. The van der Waals surface area contributed by atoms with Crippen LogP contribution >= 0.6 is 0 Å². The fraction of sp³-hybridized carbons (Fsp3) is 0.400. The van der Waals surface area contributed by atoms with E-state index in [2.05, 4.69) is 5.32 Å². The van der Waals surface area contributed by atoms with Crippen LogP contribution in [0.3, 0.4) is 0 Å². The van der Waals surface area contributed by atoms with Crippen molar-refractivity contribution < 1.29 is 13.2 Å². The first-order valence-corrected chi connectivity index (χ1v) is 4.50. The van der Waals surface area contributed by atoms with Gasteiger partial charge in [0, 0.05) is 18.2 Å². The van der Waals surface area contributed by atoms with E-state index in [1.807, 2.05) is 0 Å². The molecule has 1 aliphatic heterocycles. The molecule has 1 nitrogen and oxygen atoms in total. The second kappa shape index (κ2) is 3.61. The molecule has 1 saturated heterocycles. The van der Waals surface area contributed by atoms with Crippen molar-refractivity contribution in [3.8, 4) is 0 Å². The molecule has 76 valence electrons. The highest BCUT2D eigenvalue weighted by atomic mass is 19.2. The second-order valence-corrected chi connectivity index (χ2v) is 3.44. The summed E-state index contributed by atoms with van der Waals surface area (Å²) < 4.78 is 38.9. The molecule has 1 fully saturated rings. The van der Waals surface area contributed by atoms with E-state index >= 15 is 0 Å². The summed E-state index contributed by atoms with van der Waals surface area (Å²) in [7, 11) is 0. The normalized spacial score (nSPS) is 26.8. The molecule has 0 saturated carbocycles. The molecule has 2 unspecified atom stereocenters. The first-order chi connectivity index (χ1) is 6.68. The Hall–Kier alpha value is -1.03. The Kier molecular flexibility index (Phi) is 2.46. The number of rotatable bonds is 1. The van der Waals surface area contributed by atoms with E-state index in [1.165, 1.54) is 12.1 Å². The zero-order valence-electron chi connectivity index (χ0n) is 7.43. The molecule has 0 aliphatic carbocycles.